The minimum atomic E-state index is -0.805. The average Bonchev–Trinajstić information content (AvgIpc) is 3.13. The molecule has 1 saturated carbocycles. The van der Waals surface area contributed by atoms with Gasteiger partial charge in [0.15, 0.2) is 0 Å². The lowest BCUT2D eigenvalue weighted by molar-refractivity contribution is -0.137. The van der Waals surface area contributed by atoms with Crippen LogP contribution in [0, 0.1) is 6.92 Å². The Morgan fingerprint density at radius 2 is 1.72 bits per heavy atom. The Morgan fingerprint density at radius 3 is 2.47 bits per heavy atom. The van der Waals surface area contributed by atoms with E-state index >= 15 is 0 Å². The summed E-state index contributed by atoms with van der Waals surface area (Å²) in [5.74, 6) is -1.89. The number of aryl methyl sites for hydroxylation is 1. The maximum atomic E-state index is 13.1. The molecule has 0 bridgehead atoms. The monoisotopic (exact) mass is 496 g/mol. The molecule has 2 aromatic carbocycles. The Labute approximate surface area is 194 Å². The number of hydrogen-bond donors (Lipinski definition) is 3. The highest BCUT2D eigenvalue weighted by molar-refractivity contribution is 9.10. The molecule has 166 valence electrons. The molecule has 8 heteroatoms. The van der Waals surface area contributed by atoms with E-state index in [1.807, 2.05) is 43.3 Å². The molecule has 3 amide bonds. The highest BCUT2D eigenvalue weighted by Crippen LogP contribution is 2.24. The van der Waals surface area contributed by atoms with Crippen molar-refractivity contribution in [3.63, 3.8) is 0 Å². The quantitative estimate of drug-likeness (QED) is 0.464. The number of nitrogens with zero attached hydrogens (tertiary/aromatic N) is 1. The molecule has 1 aromatic heterocycles. The molecule has 0 spiro atoms. The minimum absolute atomic E-state index is 0.0168. The van der Waals surface area contributed by atoms with Gasteiger partial charge in [-0.3, -0.25) is 19.8 Å². The fourth-order valence-corrected chi connectivity index (χ4v) is 4.40. The van der Waals surface area contributed by atoms with Gasteiger partial charge in [-0.1, -0.05) is 53.4 Å². The second kappa shape index (κ2) is 9.56. The fourth-order valence-electron chi connectivity index (χ4n) is 4.02. The number of anilines is 1. The molecule has 0 aliphatic heterocycles. The summed E-state index contributed by atoms with van der Waals surface area (Å²) in [6.07, 6.45) is 5.01. The van der Waals surface area contributed by atoms with Gasteiger partial charge in [0.1, 0.15) is 5.69 Å². The Kier molecular flexibility index (Phi) is 6.60. The molecule has 0 unspecified atom stereocenters. The van der Waals surface area contributed by atoms with Gasteiger partial charge >= 0.3 is 11.8 Å². The first-order valence-corrected chi connectivity index (χ1v) is 11.5. The van der Waals surface area contributed by atoms with Gasteiger partial charge in [0.2, 0.25) is 0 Å². The van der Waals surface area contributed by atoms with Crippen LogP contribution in [-0.2, 0) is 9.59 Å². The topological polar surface area (TPSA) is 92.2 Å². The maximum absolute atomic E-state index is 13.1. The van der Waals surface area contributed by atoms with Gasteiger partial charge in [0, 0.05) is 21.6 Å². The van der Waals surface area contributed by atoms with Gasteiger partial charge in [-0.2, -0.15) is 0 Å². The van der Waals surface area contributed by atoms with Crippen molar-refractivity contribution in [2.45, 2.75) is 45.1 Å². The number of aromatic nitrogens is 1. The number of carbonyl (C=O) groups is 3. The van der Waals surface area contributed by atoms with E-state index in [0.717, 1.165) is 47.5 Å². The maximum Gasteiger partial charge on any atom is 0.328 e. The first-order chi connectivity index (χ1) is 15.4. The summed E-state index contributed by atoms with van der Waals surface area (Å²) in [5, 5.41) is 6.45. The van der Waals surface area contributed by atoms with Crippen LogP contribution in [0.3, 0.4) is 0 Å². The normalized spacial score (nSPS) is 14.2. The van der Waals surface area contributed by atoms with Crippen molar-refractivity contribution in [1.82, 2.24) is 9.99 Å². The zero-order valence-electron chi connectivity index (χ0n) is 17.8. The molecule has 1 aliphatic carbocycles. The van der Waals surface area contributed by atoms with Crippen LogP contribution >= 0.6 is 15.9 Å². The fraction of sp³-hybridized carbons (Fsp3) is 0.292. The van der Waals surface area contributed by atoms with Gasteiger partial charge in [-0.25, -0.2) is 4.68 Å². The van der Waals surface area contributed by atoms with Gasteiger partial charge < -0.3 is 10.6 Å². The summed E-state index contributed by atoms with van der Waals surface area (Å²) < 4.78 is 2.22. The minimum Gasteiger partial charge on any atom is -0.345 e. The van der Waals surface area contributed by atoms with Crippen LogP contribution in [0.15, 0.2) is 53.0 Å². The molecule has 3 N–H and O–H groups in total. The molecular formula is C24H25BrN4O3. The summed E-state index contributed by atoms with van der Waals surface area (Å²) in [7, 11) is 0. The first kappa shape index (κ1) is 22.1. The second-order valence-corrected chi connectivity index (χ2v) is 9.00. The molecule has 1 aliphatic rings. The highest BCUT2D eigenvalue weighted by Gasteiger charge is 2.23. The number of para-hydroxylation sites is 1. The summed E-state index contributed by atoms with van der Waals surface area (Å²) in [6, 6.07) is 14.6. The average molecular weight is 497 g/mol. The molecule has 32 heavy (non-hydrogen) atoms. The smallest absolute Gasteiger partial charge is 0.328 e. The number of rotatable bonds is 4. The lowest BCUT2D eigenvalue weighted by Crippen LogP contribution is -2.44. The molecule has 0 saturated heterocycles. The first-order valence-electron chi connectivity index (χ1n) is 10.7. The van der Waals surface area contributed by atoms with Gasteiger partial charge in [-0.15, -0.1) is 0 Å². The molecule has 4 rings (SSSR count). The van der Waals surface area contributed by atoms with E-state index in [2.05, 4.69) is 32.0 Å². The van der Waals surface area contributed by atoms with E-state index in [0.29, 0.717) is 11.2 Å². The Bertz CT molecular complexity index is 1180. The van der Waals surface area contributed by atoms with Crippen molar-refractivity contribution in [3.8, 4) is 0 Å². The van der Waals surface area contributed by atoms with Gasteiger partial charge in [0.25, 0.3) is 5.91 Å². The van der Waals surface area contributed by atoms with Crippen molar-refractivity contribution in [2.75, 3.05) is 10.7 Å². The number of halogens is 1. The van der Waals surface area contributed by atoms with Crippen LogP contribution < -0.4 is 16.1 Å². The molecule has 0 radical (unpaired) electrons. The zero-order chi connectivity index (χ0) is 22.7. The van der Waals surface area contributed by atoms with Crippen LogP contribution in [0.1, 0.15) is 48.2 Å². The Morgan fingerprint density at radius 1 is 0.969 bits per heavy atom. The second-order valence-electron chi connectivity index (χ2n) is 8.09. The highest BCUT2D eigenvalue weighted by atomic mass is 79.9. The molecular weight excluding hydrogens is 472 g/mol. The van der Waals surface area contributed by atoms with Crippen molar-refractivity contribution < 1.29 is 14.4 Å². The van der Waals surface area contributed by atoms with E-state index in [1.165, 1.54) is 4.68 Å². The third kappa shape index (κ3) is 4.85. The van der Waals surface area contributed by atoms with E-state index in [-0.39, 0.29) is 17.6 Å². The van der Waals surface area contributed by atoms with Crippen LogP contribution in [0.2, 0.25) is 0 Å². The summed E-state index contributed by atoms with van der Waals surface area (Å²) >= 11 is 3.43. The predicted octanol–water partition coefficient (Wildman–Crippen LogP) is 4.48. The molecule has 3 aromatic rings. The van der Waals surface area contributed by atoms with E-state index < -0.39 is 11.8 Å². The number of fused-ring (bicyclic) bond motifs is 1. The van der Waals surface area contributed by atoms with Gasteiger partial charge in [0.05, 0.1) is 5.52 Å². The van der Waals surface area contributed by atoms with Crippen molar-refractivity contribution in [2.24, 2.45) is 0 Å². The van der Waals surface area contributed by atoms with E-state index in [4.69, 9.17) is 0 Å². The lowest BCUT2D eigenvalue weighted by atomic mass is 9.95. The summed E-state index contributed by atoms with van der Waals surface area (Å²) in [6.45, 7) is 1.90. The van der Waals surface area contributed by atoms with Crippen molar-refractivity contribution in [3.05, 3.63) is 64.3 Å². The van der Waals surface area contributed by atoms with E-state index in [9.17, 15) is 14.4 Å². The molecule has 0 atom stereocenters. The number of hydrogen-bond acceptors (Lipinski definition) is 3. The van der Waals surface area contributed by atoms with Crippen LogP contribution in [-0.4, -0.2) is 28.4 Å². The van der Waals surface area contributed by atoms with Crippen LogP contribution in [0.5, 0.6) is 0 Å². The molecule has 1 fully saturated rings. The third-order valence-electron chi connectivity index (χ3n) is 5.75. The SMILES string of the molecule is Cc1ccccc1NC(=O)c1cc2cc(Br)ccc2n1NC(=O)C(=O)NC1CCCCC1. The van der Waals surface area contributed by atoms with Crippen molar-refractivity contribution in [1.29, 1.82) is 0 Å². The number of carbonyl (C=O) groups excluding carboxylic acids is 3. The number of nitrogens with one attached hydrogen (secondary N) is 3. The van der Waals surface area contributed by atoms with Crippen molar-refractivity contribution >= 4 is 50.2 Å². The number of benzene rings is 2. The number of amides is 3. The summed E-state index contributed by atoms with van der Waals surface area (Å²) in [4.78, 5) is 38.3. The van der Waals surface area contributed by atoms with Crippen LogP contribution in [0.4, 0.5) is 5.69 Å². The Balaban J connectivity index is 1.60. The standard InChI is InChI=1S/C24H25BrN4O3/c1-15-7-5-6-10-19(15)27-22(30)21-14-16-13-17(25)11-12-20(16)29(21)28-24(32)23(31)26-18-8-3-2-4-9-18/h5-7,10-14,18H,2-4,8-9H2,1H3,(H,26,31)(H,27,30)(H,28,32). The van der Waals surface area contributed by atoms with Crippen LogP contribution in [0.25, 0.3) is 10.9 Å². The molecule has 7 nitrogen and oxygen atoms in total. The molecule has 1 heterocycles. The largest absolute Gasteiger partial charge is 0.345 e. The third-order valence-corrected chi connectivity index (χ3v) is 6.24. The predicted molar refractivity (Wildman–Crippen MR) is 128 cm³/mol. The zero-order valence-corrected chi connectivity index (χ0v) is 19.4. The summed E-state index contributed by atoms with van der Waals surface area (Å²) in [5.41, 5.74) is 5.04. The van der Waals surface area contributed by atoms with E-state index in [1.54, 1.807) is 12.1 Å². The Hall–Kier alpha value is -3.13. The van der Waals surface area contributed by atoms with Gasteiger partial charge in [-0.05, 0) is 55.7 Å². The lowest BCUT2D eigenvalue weighted by Gasteiger charge is -2.22.